The third-order valence-corrected chi connectivity index (χ3v) is 1.88. The highest BCUT2D eigenvalue weighted by atomic mass is 16.5. The Morgan fingerprint density at radius 2 is 1.70 bits per heavy atom. The van der Waals surface area contributed by atoms with E-state index >= 15 is 0 Å². The van der Waals surface area contributed by atoms with Gasteiger partial charge in [0.2, 0.25) is 0 Å². The topological polar surface area (TPSA) is 9.23 Å². The van der Waals surface area contributed by atoms with Gasteiger partial charge in [0.05, 0.1) is 0 Å². The molecule has 0 N–H and O–H groups in total. The summed E-state index contributed by atoms with van der Waals surface area (Å²) in [5.74, 6) is 0.889. The highest BCUT2D eigenvalue weighted by Gasteiger charge is 2.13. The quantitative estimate of drug-likeness (QED) is 0.579. The van der Waals surface area contributed by atoms with Gasteiger partial charge in [-0.15, -0.1) is 0 Å². The second kappa shape index (κ2) is 7.07. The van der Waals surface area contributed by atoms with Crippen LogP contribution in [0.15, 0.2) is 0 Å². The Morgan fingerprint density at radius 1 is 1.20 bits per heavy atom. The molecule has 0 bridgehead atoms. The van der Waals surface area contributed by atoms with Crippen LogP contribution in [0.1, 0.15) is 39.5 Å². The first kappa shape index (κ1) is 9.96. The molecule has 0 aromatic carbocycles. The van der Waals surface area contributed by atoms with Gasteiger partial charge in [-0.1, -0.05) is 26.7 Å². The van der Waals surface area contributed by atoms with Crippen molar-refractivity contribution in [2.45, 2.75) is 39.5 Å². The molecule has 62 valence electrons. The Kier molecular flexibility index (Phi) is 7.04. The molecular formula is C9H20O. The van der Waals surface area contributed by atoms with Crippen molar-refractivity contribution in [2.24, 2.45) is 5.92 Å². The summed E-state index contributed by atoms with van der Waals surface area (Å²) in [6.45, 7) is 4.99. The summed E-state index contributed by atoms with van der Waals surface area (Å²) < 4.78 is 5.03. The van der Waals surface area contributed by atoms with Crippen LogP contribution in [0.25, 0.3) is 0 Å². The van der Waals surface area contributed by atoms with Crippen LogP contribution in [0, 0.1) is 5.92 Å². The van der Waals surface area contributed by atoms with Crippen LogP contribution in [0.3, 0.4) is 0 Å². The lowest BCUT2D eigenvalue weighted by atomic mass is 10.1. The molecule has 1 aliphatic carbocycles. The average Bonchev–Trinajstić information content (AvgIpc) is 2.46. The lowest BCUT2D eigenvalue weighted by Gasteiger charge is -2.04. The monoisotopic (exact) mass is 144 g/mol. The molecule has 0 heterocycles. The molecule has 1 aliphatic rings. The lowest BCUT2D eigenvalue weighted by Crippen LogP contribution is -2.01. The second-order valence-corrected chi connectivity index (χ2v) is 2.61. The second-order valence-electron chi connectivity index (χ2n) is 2.61. The lowest BCUT2D eigenvalue weighted by molar-refractivity contribution is 0.155. The third kappa shape index (κ3) is 3.89. The van der Waals surface area contributed by atoms with Gasteiger partial charge in [0.25, 0.3) is 0 Å². The fraction of sp³-hybridized carbons (Fsp3) is 1.00. The fourth-order valence-corrected chi connectivity index (χ4v) is 1.41. The van der Waals surface area contributed by atoms with Crippen molar-refractivity contribution in [3.8, 4) is 0 Å². The molecule has 0 saturated heterocycles. The van der Waals surface area contributed by atoms with Gasteiger partial charge >= 0.3 is 0 Å². The molecule has 0 unspecified atom stereocenters. The molecule has 1 fully saturated rings. The smallest absolute Gasteiger partial charge is 0.0490 e. The van der Waals surface area contributed by atoms with Gasteiger partial charge in [-0.25, -0.2) is 0 Å². The number of hydrogen-bond acceptors (Lipinski definition) is 1. The van der Waals surface area contributed by atoms with Gasteiger partial charge in [0.1, 0.15) is 0 Å². The van der Waals surface area contributed by atoms with Gasteiger partial charge in [-0.3, -0.25) is 0 Å². The molecule has 0 aromatic heterocycles. The van der Waals surface area contributed by atoms with Crippen LogP contribution in [-0.2, 0) is 4.74 Å². The molecule has 0 radical (unpaired) electrons. The number of methoxy groups -OCH3 is 1. The predicted molar refractivity (Wildman–Crippen MR) is 45.2 cm³/mol. The van der Waals surface area contributed by atoms with Crippen molar-refractivity contribution >= 4 is 0 Å². The summed E-state index contributed by atoms with van der Waals surface area (Å²) in [7, 11) is 1.79. The molecule has 0 aromatic rings. The number of ether oxygens (including phenoxy) is 1. The highest BCUT2D eigenvalue weighted by Crippen LogP contribution is 2.24. The van der Waals surface area contributed by atoms with Crippen LogP contribution in [-0.4, -0.2) is 13.7 Å². The van der Waals surface area contributed by atoms with Crippen LogP contribution in [0.4, 0.5) is 0 Å². The molecule has 1 heteroatoms. The summed E-state index contributed by atoms with van der Waals surface area (Å²) in [5.41, 5.74) is 0. The average molecular weight is 144 g/mol. The molecule has 1 saturated carbocycles. The molecule has 0 atom stereocenters. The van der Waals surface area contributed by atoms with Gasteiger partial charge in [0.15, 0.2) is 0 Å². The first-order chi connectivity index (χ1) is 4.93. The minimum Gasteiger partial charge on any atom is -0.384 e. The largest absolute Gasteiger partial charge is 0.384 e. The summed E-state index contributed by atoms with van der Waals surface area (Å²) in [6, 6.07) is 0. The van der Waals surface area contributed by atoms with E-state index in [4.69, 9.17) is 4.74 Å². The standard InChI is InChI=1S/C7H14O.C2H6/c1-8-6-7-4-2-3-5-7;1-2/h7H,2-6H2,1H3;1-2H3. The van der Waals surface area contributed by atoms with Crippen LogP contribution < -0.4 is 0 Å². The van der Waals surface area contributed by atoms with E-state index in [1.165, 1.54) is 25.7 Å². The van der Waals surface area contributed by atoms with E-state index in [0.717, 1.165) is 12.5 Å². The zero-order chi connectivity index (χ0) is 7.82. The Morgan fingerprint density at radius 3 is 2.10 bits per heavy atom. The van der Waals surface area contributed by atoms with Crippen molar-refractivity contribution in [1.82, 2.24) is 0 Å². The van der Waals surface area contributed by atoms with E-state index in [-0.39, 0.29) is 0 Å². The molecule has 0 amide bonds. The van der Waals surface area contributed by atoms with E-state index in [2.05, 4.69) is 0 Å². The van der Waals surface area contributed by atoms with Gasteiger partial charge in [-0.05, 0) is 18.8 Å². The minimum atomic E-state index is 0.889. The number of rotatable bonds is 2. The third-order valence-electron chi connectivity index (χ3n) is 1.88. The van der Waals surface area contributed by atoms with E-state index in [1.807, 2.05) is 13.8 Å². The van der Waals surface area contributed by atoms with Crippen molar-refractivity contribution in [2.75, 3.05) is 13.7 Å². The summed E-state index contributed by atoms with van der Waals surface area (Å²) in [6.07, 6.45) is 5.64. The molecule has 1 nitrogen and oxygen atoms in total. The normalized spacial score (nSPS) is 18.3. The van der Waals surface area contributed by atoms with E-state index in [0.29, 0.717) is 0 Å². The Bertz CT molecular complexity index is 55.7. The zero-order valence-corrected chi connectivity index (χ0v) is 7.52. The molecule has 0 aliphatic heterocycles. The Balaban J connectivity index is 0.000000371. The van der Waals surface area contributed by atoms with Crippen molar-refractivity contribution in [3.05, 3.63) is 0 Å². The Labute approximate surface area is 64.8 Å². The van der Waals surface area contributed by atoms with Crippen LogP contribution >= 0.6 is 0 Å². The molecule has 0 spiro atoms. The minimum absolute atomic E-state index is 0.889. The van der Waals surface area contributed by atoms with Crippen molar-refractivity contribution in [1.29, 1.82) is 0 Å². The van der Waals surface area contributed by atoms with Crippen molar-refractivity contribution < 1.29 is 4.74 Å². The van der Waals surface area contributed by atoms with Crippen LogP contribution in [0.5, 0.6) is 0 Å². The molecule has 1 rings (SSSR count). The number of hydrogen-bond donors (Lipinski definition) is 0. The van der Waals surface area contributed by atoms with Gasteiger partial charge in [-0.2, -0.15) is 0 Å². The van der Waals surface area contributed by atoms with E-state index in [9.17, 15) is 0 Å². The highest BCUT2D eigenvalue weighted by molar-refractivity contribution is 4.65. The van der Waals surface area contributed by atoms with E-state index < -0.39 is 0 Å². The van der Waals surface area contributed by atoms with Gasteiger partial charge < -0.3 is 4.74 Å². The maximum Gasteiger partial charge on any atom is 0.0490 e. The summed E-state index contributed by atoms with van der Waals surface area (Å²) in [5, 5.41) is 0. The van der Waals surface area contributed by atoms with Crippen molar-refractivity contribution in [3.63, 3.8) is 0 Å². The maximum absolute atomic E-state index is 5.03. The Hall–Kier alpha value is -0.0400. The SMILES string of the molecule is CC.COCC1CCCC1. The first-order valence-electron chi connectivity index (χ1n) is 4.42. The maximum atomic E-state index is 5.03. The molecule has 10 heavy (non-hydrogen) atoms. The van der Waals surface area contributed by atoms with Crippen LogP contribution in [0.2, 0.25) is 0 Å². The first-order valence-corrected chi connectivity index (χ1v) is 4.42. The molecular weight excluding hydrogens is 124 g/mol. The summed E-state index contributed by atoms with van der Waals surface area (Å²) in [4.78, 5) is 0. The summed E-state index contributed by atoms with van der Waals surface area (Å²) >= 11 is 0. The zero-order valence-electron chi connectivity index (χ0n) is 7.52. The van der Waals surface area contributed by atoms with E-state index in [1.54, 1.807) is 7.11 Å². The predicted octanol–water partition coefficient (Wildman–Crippen LogP) is 2.85. The fourth-order valence-electron chi connectivity index (χ4n) is 1.41. The van der Waals surface area contributed by atoms with Gasteiger partial charge in [0, 0.05) is 13.7 Å².